The third-order valence-corrected chi connectivity index (χ3v) is 8.44. The van der Waals surface area contributed by atoms with Gasteiger partial charge in [0.05, 0.1) is 22.6 Å². The largest absolute Gasteiger partial charge is 0.497 e. The summed E-state index contributed by atoms with van der Waals surface area (Å²) in [6, 6.07) is 17.2. The Morgan fingerprint density at radius 1 is 1.07 bits per heavy atom. The van der Waals surface area contributed by atoms with Crippen molar-refractivity contribution < 1.29 is 27.7 Å². The van der Waals surface area contributed by atoms with E-state index in [1.165, 1.54) is 38.3 Å². The highest BCUT2D eigenvalue weighted by Gasteiger charge is 2.29. The van der Waals surface area contributed by atoms with Crippen LogP contribution in [0.3, 0.4) is 0 Å². The van der Waals surface area contributed by atoms with E-state index in [0.717, 1.165) is 34.5 Å². The van der Waals surface area contributed by atoms with Gasteiger partial charge in [0.15, 0.2) is 0 Å². The van der Waals surface area contributed by atoms with Crippen LogP contribution in [0.1, 0.15) is 29.5 Å². The normalized spacial score (nSPS) is 13.2. The minimum Gasteiger partial charge on any atom is -0.497 e. The van der Waals surface area contributed by atoms with Gasteiger partial charge in [-0.25, -0.2) is 8.42 Å². The van der Waals surface area contributed by atoms with Crippen LogP contribution in [0.25, 0.3) is 0 Å². The van der Waals surface area contributed by atoms with Crippen molar-refractivity contribution in [2.24, 2.45) is 0 Å². The van der Waals surface area contributed by atoms with Crippen LogP contribution in [-0.4, -0.2) is 50.3 Å². The van der Waals surface area contributed by atoms with Gasteiger partial charge in [0.2, 0.25) is 11.8 Å². The van der Waals surface area contributed by atoms with E-state index in [-0.39, 0.29) is 28.7 Å². The predicted molar refractivity (Wildman–Crippen MR) is 148 cm³/mol. The highest BCUT2D eigenvalue weighted by atomic mass is 32.2. The standard InChI is InChI=1S/C28H30N4O7S/c1-20-5-14-25(16-26(20)32(35)36)40(37,38)31(23-10-12-24(39-2)13-11-23)19-27(33)29-17-21-6-8-22(9-7-21)18-30-15-3-4-28(30)34/h5-14,16H,3-4,15,17-19H2,1-2H3,(H,29,33). The van der Waals surface area contributed by atoms with Crippen LogP contribution >= 0.6 is 0 Å². The highest BCUT2D eigenvalue weighted by molar-refractivity contribution is 7.92. The molecule has 1 aliphatic heterocycles. The van der Waals surface area contributed by atoms with Gasteiger partial charge in [0.1, 0.15) is 12.3 Å². The number of hydrogen-bond acceptors (Lipinski definition) is 7. The number of carbonyl (C=O) groups excluding carboxylic acids is 2. The average Bonchev–Trinajstić information content (AvgIpc) is 3.35. The summed E-state index contributed by atoms with van der Waals surface area (Å²) < 4.78 is 33.4. The number of methoxy groups -OCH3 is 1. The number of nitro groups is 1. The quantitative estimate of drug-likeness (QED) is 0.277. The second-order valence-electron chi connectivity index (χ2n) is 9.43. The fraction of sp³-hybridized carbons (Fsp3) is 0.286. The first-order chi connectivity index (χ1) is 19.1. The molecular weight excluding hydrogens is 536 g/mol. The number of nitrogens with zero attached hydrogens (tertiary/aromatic N) is 3. The monoisotopic (exact) mass is 566 g/mol. The number of likely N-dealkylation sites (tertiary alicyclic amines) is 1. The lowest BCUT2D eigenvalue weighted by molar-refractivity contribution is -0.385. The molecule has 0 atom stereocenters. The Labute approximate surface area is 232 Å². The fourth-order valence-electron chi connectivity index (χ4n) is 4.38. The molecule has 1 aliphatic rings. The van der Waals surface area contributed by atoms with Crippen LogP contribution < -0.4 is 14.4 Å². The lowest BCUT2D eigenvalue weighted by Crippen LogP contribution is -2.40. The van der Waals surface area contributed by atoms with Crippen LogP contribution in [0.5, 0.6) is 5.75 Å². The van der Waals surface area contributed by atoms with Crippen molar-refractivity contribution in [2.45, 2.75) is 37.8 Å². The molecular formula is C28H30N4O7S. The summed E-state index contributed by atoms with van der Waals surface area (Å²) in [6.07, 6.45) is 1.45. The first kappa shape index (κ1) is 28.6. The number of sulfonamides is 1. The van der Waals surface area contributed by atoms with Gasteiger partial charge in [-0.15, -0.1) is 0 Å². The van der Waals surface area contributed by atoms with Crippen LogP contribution in [-0.2, 0) is 32.7 Å². The summed E-state index contributed by atoms with van der Waals surface area (Å²) in [5.41, 5.74) is 1.96. The molecule has 12 heteroatoms. The lowest BCUT2D eigenvalue weighted by Gasteiger charge is -2.24. The Morgan fingerprint density at radius 2 is 1.75 bits per heavy atom. The van der Waals surface area contributed by atoms with Crippen LogP contribution in [0.15, 0.2) is 71.6 Å². The van der Waals surface area contributed by atoms with Gasteiger partial charge < -0.3 is 15.0 Å². The molecule has 0 bridgehead atoms. The molecule has 0 aromatic heterocycles. The Kier molecular flexibility index (Phi) is 8.68. The predicted octanol–water partition coefficient (Wildman–Crippen LogP) is 3.55. The Bertz CT molecular complexity index is 1510. The molecule has 0 radical (unpaired) electrons. The molecule has 210 valence electrons. The van der Waals surface area contributed by atoms with Gasteiger partial charge in [-0.3, -0.25) is 24.0 Å². The molecule has 40 heavy (non-hydrogen) atoms. The van der Waals surface area contributed by atoms with Gasteiger partial charge >= 0.3 is 0 Å². The van der Waals surface area contributed by atoms with E-state index in [9.17, 15) is 28.1 Å². The Hall–Kier alpha value is -4.45. The van der Waals surface area contributed by atoms with E-state index < -0.39 is 27.4 Å². The zero-order valence-corrected chi connectivity index (χ0v) is 23.0. The van der Waals surface area contributed by atoms with E-state index in [1.54, 1.807) is 12.1 Å². The van der Waals surface area contributed by atoms with Crippen molar-refractivity contribution in [1.29, 1.82) is 0 Å². The number of rotatable bonds is 11. The van der Waals surface area contributed by atoms with Gasteiger partial charge in [-0.05, 0) is 54.8 Å². The van der Waals surface area contributed by atoms with Crippen LogP contribution in [0.4, 0.5) is 11.4 Å². The molecule has 3 aromatic rings. The molecule has 1 fully saturated rings. The molecule has 0 spiro atoms. The molecule has 1 heterocycles. The number of nitro benzene ring substituents is 1. The second kappa shape index (κ2) is 12.2. The van der Waals surface area contributed by atoms with Crippen molar-refractivity contribution in [2.75, 3.05) is 24.5 Å². The summed E-state index contributed by atoms with van der Waals surface area (Å²) in [7, 11) is -2.88. The van der Waals surface area contributed by atoms with Crippen molar-refractivity contribution in [1.82, 2.24) is 10.2 Å². The maximum absolute atomic E-state index is 13.6. The molecule has 11 nitrogen and oxygen atoms in total. The molecule has 3 aromatic carbocycles. The van der Waals surface area contributed by atoms with Gasteiger partial charge in [0.25, 0.3) is 15.7 Å². The number of ether oxygens (including phenoxy) is 1. The van der Waals surface area contributed by atoms with Crippen molar-refractivity contribution in [3.8, 4) is 5.75 Å². The summed E-state index contributed by atoms with van der Waals surface area (Å²) >= 11 is 0. The number of aryl methyl sites for hydroxylation is 1. The van der Waals surface area contributed by atoms with E-state index in [0.29, 0.717) is 24.3 Å². The third-order valence-electron chi connectivity index (χ3n) is 6.67. The SMILES string of the molecule is COc1ccc(N(CC(=O)NCc2ccc(CN3CCCC3=O)cc2)S(=O)(=O)c2ccc(C)c([N+](=O)[O-])c2)cc1. The first-order valence-corrected chi connectivity index (χ1v) is 14.1. The molecule has 2 amide bonds. The van der Waals surface area contributed by atoms with Gasteiger partial charge in [-0.2, -0.15) is 0 Å². The molecule has 0 aliphatic carbocycles. The number of carbonyl (C=O) groups is 2. The van der Waals surface area contributed by atoms with E-state index in [2.05, 4.69) is 5.32 Å². The number of nitrogens with one attached hydrogen (secondary N) is 1. The summed E-state index contributed by atoms with van der Waals surface area (Å²) in [6.45, 7) is 2.42. The zero-order valence-electron chi connectivity index (χ0n) is 22.2. The van der Waals surface area contributed by atoms with E-state index >= 15 is 0 Å². The maximum atomic E-state index is 13.6. The average molecular weight is 567 g/mol. The van der Waals surface area contributed by atoms with Gasteiger partial charge in [0, 0.05) is 37.7 Å². The maximum Gasteiger partial charge on any atom is 0.273 e. The second-order valence-corrected chi connectivity index (χ2v) is 11.3. The first-order valence-electron chi connectivity index (χ1n) is 12.6. The molecule has 1 saturated heterocycles. The summed E-state index contributed by atoms with van der Waals surface area (Å²) in [5.74, 6) is 0.0785. The number of amides is 2. The molecule has 1 N–H and O–H groups in total. The molecule has 0 unspecified atom stereocenters. The van der Waals surface area contributed by atoms with Crippen molar-refractivity contribution in [3.63, 3.8) is 0 Å². The number of anilines is 1. The fourth-order valence-corrected chi connectivity index (χ4v) is 5.82. The minimum atomic E-state index is -4.35. The van der Waals surface area contributed by atoms with Gasteiger partial charge in [-0.1, -0.05) is 30.3 Å². The third kappa shape index (κ3) is 6.57. The van der Waals surface area contributed by atoms with Crippen molar-refractivity contribution >= 4 is 33.2 Å². The Morgan fingerprint density at radius 3 is 2.35 bits per heavy atom. The summed E-state index contributed by atoms with van der Waals surface area (Å²) in [4.78, 5) is 37.1. The Balaban J connectivity index is 1.50. The van der Waals surface area contributed by atoms with Crippen LogP contribution in [0.2, 0.25) is 0 Å². The van der Waals surface area contributed by atoms with Crippen LogP contribution in [0, 0.1) is 17.0 Å². The van der Waals surface area contributed by atoms with E-state index in [4.69, 9.17) is 4.74 Å². The summed E-state index contributed by atoms with van der Waals surface area (Å²) in [5, 5.41) is 14.2. The topological polar surface area (TPSA) is 139 Å². The van der Waals surface area contributed by atoms with Crippen molar-refractivity contribution in [3.05, 3.63) is 93.5 Å². The van der Waals surface area contributed by atoms with E-state index in [1.807, 2.05) is 29.2 Å². The number of hydrogen-bond donors (Lipinski definition) is 1. The highest BCUT2D eigenvalue weighted by Crippen LogP contribution is 2.29. The molecule has 0 saturated carbocycles. The smallest absolute Gasteiger partial charge is 0.273 e. The number of benzene rings is 3. The lowest BCUT2D eigenvalue weighted by atomic mass is 10.1. The molecule has 4 rings (SSSR count). The minimum absolute atomic E-state index is 0.146. The zero-order chi connectivity index (χ0) is 28.9.